The van der Waals surface area contributed by atoms with E-state index in [0.717, 1.165) is 50.2 Å². The lowest BCUT2D eigenvalue weighted by molar-refractivity contribution is 0.794. The van der Waals surface area contributed by atoms with Crippen LogP contribution in [-0.4, -0.2) is 15.0 Å². The zero-order chi connectivity index (χ0) is 34.9. The first kappa shape index (κ1) is 29.7. The number of benzene rings is 7. The molecule has 11 rings (SSSR count). The fraction of sp³-hybridized carbons (Fsp3) is 0.0200. The maximum Gasteiger partial charge on any atom is 0.161 e. The lowest BCUT2D eigenvalue weighted by Crippen LogP contribution is -2.25. The van der Waals surface area contributed by atoms with Crippen molar-refractivity contribution in [2.45, 2.75) is 5.41 Å². The molecule has 9 aromatic rings. The lowest BCUT2D eigenvalue weighted by atomic mass is 9.70. The van der Waals surface area contributed by atoms with E-state index in [1.54, 1.807) is 0 Å². The minimum atomic E-state index is -0.435. The number of pyridine rings is 1. The summed E-state index contributed by atoms with van der Waals surface area (Å²) in [6.07, 6.45) is 0. The summed E-state index contributed by atoms with van der Waals surface area (Å²) >= 11 is 0. The molecule has 0 atom stereocenters. The first-order valence-corrected chi connectivity index (χ1v) is 18.1. The van der Waals surface area contributed by atoms with E-state index in [-0.39, 0.29) is 0 Å². The van der Waals surface area contributed by atoms with Crippen LogP contribution in [0.1, 0.15) is 22.3 Å². The highest BCUT2D eigenvalue weighted by atomic mass is 14.9. The van der Waals surface area contributed by atoms with Crippen LogP contribution in [0.4, 0.5) is 0 Å². The van der Waals surface area contributed by atoms with Crippen molar-refractivity contribution in [2.75, 3.05) is 0 Å². The molecule has 0 aliphatic heterocycles. The Labute approximate surface area is 308 Å². The fourth-order valence-electron chi connectivity index (χ4n) is 8.93. The molecule has 2 aromatic heterocycles. The van der Waals surface area contributed by atoms with Crippen molar-refractivity contribution >= 4 is 10.9 Å². The van der Waals surface area contributed by atoms with Gasteiger partial charge in [-0.3, -0.25) is 0 Å². The second-order valence-electron chi connectivity index (χ2n) is 13.9. The van der Waals surface area contributed by atoms with Gasteiger partial charge >= 0.3 is 0 Å². The summed E-state index contributed by atoms with van der Waals surface area (Å²) in [6.45, 7) is 0. The van der Waals surface area contributed by atoms with Crippen LogP contribution in [0.3, 0.4) is 0 Å². The van der Waals surface area contributed by atoms with Gasteiger partial charge in [0.15, 0.2) is 5.82 Å². The monoisotopic (exact) mass is 673 g/mol. The Bertz CT molecular complexity index is 2790. The minimum absolute atomic E-state index is 0.435. The Morgan fingerprint density at radius 3 is 1.47 bits per heavy atom. The molecular weight excluding hydrogens is 643 g/mol. The highest BCUT2D eigenvalue weighted by Crippen LogP contribution is 2.63. The number of hydrogen-bond acceptors (Lipinski definition) is 3. The van der Waals surface area contributed by atoms with Gasteiger partial charge in [-0.15, -0.1) is 0 Å². The summed E-state index contributed by atoms with van der Waals surface area (Å²) in [6, 6.07) is 67.0. The van der Waals surface area contributed by atoms with Crippen molar-refractivity contribution in [1.82, 2.24) is 15.0 Å². The van der Waals surface area contributed by atoms with Crippen LogP contribution in [0.2, 0.25) is 0 Å². The topological polar surface area (TPSA) is 38.7 Å². The highest BCUT2D eigenvalue weighted by Gasteiger charge is 2.52. The van der Waals surface area contributed by atoms with E-state index in [9.17, 15) is 0 Å². The second kappa shape index (κ2) is 11.5. The summed E-state index contributed by atoms with van der Waals surface area (Å²) in [7, 11) is 0. The molecule has 0 amide bonds. The third-order valence-corrected chi connectivity index (χ3v) is 11.1. The van der Waals surface area contributed by atoms with Gasteiger partial charge in [-0.05, 0) is 62.7 Å². The van der Waals surface area contributed by atoms with Crippen molar-refractivity contribution < 1.29 is 0 Å². The number of aromatic nitrogens is 3. The molecule has 0 saturated carbocycles. The van der Waals surface area contributed by atoms with E-state index >= 15 is 0 Å². The summed E-state index contributed by atoms with van der Waals surface area (Å²) < 4.78 is 0. The van der Waals surface area contributed by atoms with Gasteiger partial charge in [0.05, 0.1) is 28.0 Å². The number of rotatable bonds is 4. The summed E-state index contributed by atoms with van der Waals surface area (Å²) in [5.41, 5.74) is 17.5. The predicted octanol–water partition coefficient (Wildman–Crippen LogP) is 12.0. The van der Waals surface area contributed by atoms with Gasteiger partial charge in [-0.25, -0.2) is 15.0 Å². The standard InChI is InChI=1S/C50H31N3/c1-3-16-32(17-4-1)45-30-34(31-46(51-45)33-18-5-2-6-19-33)48-38-23-10-14-29-44(38)52-49(53-48)39-24-15-28-43-47(39)37-22-9-13-27-42(37)50(43)40-25-11-7-20-35(40)36-21-8-12-26-41(36)50/h1-31H. The van der Waals surface area contributed by atoms with Crippen molar-refractivity contribution in [2.24, 2.45) is 0 Å². The summed E-state index contributed by atoms with van der Waals surface area (Å²) in [4.78, 5) is 16.0. The van der Waals surface area contributed by atoms with Gasteiger partial charge in [-0.2, -0.15) is 0 Å². The zero-order valence-electron chi connectivity index (χ0n) is 28.7. The molecule has 0 N–H and O–H groups in total. The molecule has 2 heterocycles. The van der Waals surface area contributed by atoms with Gasteiger partial charge < -0.3 is 0 Å². The molecule has 0 saturated heterocycles. The summed E-state index contributed by atoms with van der Waals surface area (Å²) in [5.74, 6) is 0.710. The van der Waals surface area contributed by atoms with E-state index in [1.165, 1.54) is 44.5 Å². The van der Waals surface area contributed by atoms with Crippen molar-refractivity contribution in [3.05, 3.63) is 210 Å². The second-order valence-corrected chi connectivity index (χ2v) is 13.9. The average molecular weight is 674 g/mol. The molecular formula is C50H31N3. The van der Waals surface area contributed by atoms with E-state index in [4.69, 9.17) is 15.0 Å². The van der Waals surface area contributed by atoms with E-state index in [2.05, 4.69) is 176 Å². The van der Waals surface area contributed by atoms with Crippen molar-refractivity contribution in [3.8, 4) is 67.4 Å². The number of fused-ring (bicyclic) bond motifs is 11. The van der Waals surface area contributed by atoms with Gasteiger partial charge in [0.25, 0.3) is 0 Å². The van der Waals surface area contributed by atoms with Crippen LogP contribution < -0.4 is 0 Å². The predicted molar refractivity (Wildman–Crippen MR) is 215 cm³/mol. The van der Waals surface area contributed by atoms with Gasteiger partial charge in [0.2, 0.25) is 0 Å². The maximum atomic E-state index is 5.53. The Morgan fingerprint density at radius 1 is 0.340 bits per heavy atom. The maximum absolute atomic E-state index is 5.53. The Hall–Kier alpha value is -6.97. The quantitative estimate of drug-likeness (QED) is 0.187. The van der Waals surface area contributed by atoms with Crippen LogP contribution in [0.5, 0.6) is 0 Å². The molecule has 2 aliphatic carbocycles. The Balaban J connectivity index is 1.19. The van der Waals surface area contributed by atoms with Crippen LogP contribution in [0.15, 0.2) is 188 Å². The molecule has 2 aliphatic rings. The lowest BCUT2D eigenvalue weighted by Gasteiger charge is -2.30. The molecule has 0 unspecified atom stereocenters. The first-order chi connectivity index (χ1) is 26.3. The zero-order valence-corrected chi connectivity index (χ0v) is 28.7. The van der Waals surface area contributed by atoms with Gasteiger partial charge in [-0.1, -0.05) is 170 Å². The normalized spacial score (nSPS) is 13.1. The molecule has 0 fully saturated rings. The third-order valence-electron chi connectivity index (χ3n) is 11.1. The van der Waals surface area contributed by atoms with Gasteiger partial charge in [0, 0.05) is 27.6 Å². The SMILES string of the molecule is c1ccc(-c2cc(-c3nc(-c4cccc5c4-c4ccccc4C54c5ccccc5-c5ccccc54)nc4ccccc34)cc(-c3ccccc3)n2)cc1. The third kappa shape index (κ3) is 4.31. The Morgan fingerprint density at radius 2 is 0.830 bits per heavy atom. The molecule has 7 aromatic carbocycles. The van der Waals surface area contributed by atoms with Crippen LogP contribution in [0.25, 0.3) is 78.3 Å². The number of para-hydroxylation sites is 1. The summed E-state index contributed by atoms with van der Waals surface area (Å²) in [5, 5.41) is 1.00. The Kier molecular flexibility index (Phi) is 6.47. The van der Waals surface area contributed by atoms with Crippen molar-refractivity contribution in [3.63, 3.8) is 0 Å². The molecule has 0 radical (unpaired) electrons. The number of nitrogens with zero attached hydrogens (tertiary/aromatic N) is 3. The number of hydrogen-bond donors (Lipinski definition) is 0. The highest BCUT2D eigenvalue weighted by molar-refractivity contribution is 6.01. The van der Waals surface area contributed by atoms with Crippen molar-refractivity contribution in [1.29, 1.82) is 0 Å². The van der Waals surface area contributed by atoms with E-state index in [0.29, 0.717) is 5.82 Å². The molecule has 246 valence electrons. The van der Waals surface area contributed by atoms with Gasteiger partial charge in [0.1, 0.15) is 0 Å². The van der Waals surface area contributed by atoms with Crippen LogP contribution in [-0.2, 0) is 5.41 Å². The average Bonchev–Trinajstić information content (AvgIpc) is 3.71. The first-order valence-electron chi connectivity index (χ1n) is 18.1. The minimum Gasteiger partial charge on any atom is -0.248 e. The van der Waals surface area contributed by atoms with E-state index in [1.807, 2.05) is 12.1 Å². The van der Waals surface area contributed by atoms with E-state index < -0.39 is 5.41 Å². The van der Waals surface area contributed by atoms with Crippen LogP contribution >= 0.6 is 0 Å². The smallest absolute Gasteiger partial charge is 0.161 e. The molecule has 3 nitrogen and oxygen atoms in total. The fourth-order valence-corrected chi connectivity index (χ4v) is 8.93. The largest absolute Gasteiger partial charge is 0.248 e. The van der Waals surface area contributed by atoms with Crippen LogP contribution in [0, 0.1) is 0 Å². The molecule has 53 heavy (non-hydrogen) atoms. The molecule has 1 spiro atoms. The molecule has 3 heteroatoms. The molecule has 0 bridgehead atoms.